The number of aromatic amines is 1. The summed E-state index contributed by atoms with van der Waals surface area (Å²) in [4.78, 5) is 31.0. The van der Waals surface area contributed by atoms with E-state index in [-0.39, 0.29) is 22.9 Å². The maximum absolute atomic E-state index is 12.4. The lowest BCUT2D eigenvalue weighted by Crippen LogP contribution is -2.48. The van der Waals surface area contributed by atoms with Gasteiger partial charge in [0.2, 0.25) is 0 Å². The molecule has 2 heterocycles. The summed E-state index contributed by atoms with van der Waals surface area (Å²) in [5.41, 5.74) is 0.00139. The molecule has 1 fully saturated rings. The highest BCUT2D eigenvalue weighted by Gasteiger charge is 2.27. The zero-order valence-electron chi connectivity index (χ0n) is 12.4. The molecule has 1 aromatic heterocycles. The number of hydrogen-bond donors (Lipinski definition) is 1. The number of piperidine rings is 1. The maximum Gasteiger partial charge on any atom is 0.259 e. The van der Waals surface area contributed by atoms with E-state index in [1.807, 2.05) is 0 Å². The molecule has 20 heavy (non-hydrogen) atoms. The first kappa shape index (κ1) is 14.8. The number of carbonyl (C=O) groups excluding carboxylic acids is 1. The Morgan fingerprint density at radius 3 is 2.60 bits per heavy atom. The van der Waals surface area contributed by atoms with E-state index in [2.05, 4.69) is 23.7 Å². The van der Waals surface area contributed by atoms with Gasteiger partial charge in [-0.25, -0.2) is 0 Å². The van der Waals surface area contributed by atoms with Crippen LogP contribution in [0.25, 0.3) is 0 Å². The summed E-state index contributed by atoms with van der Waals surface area (Å²) in [5, 5.41) is 0. The Morgan fingerprint density at radius 2 is 2.05 bits per heavy atom. The van der Waals surface area contributed by atoms with Crippen LogP contribution < -0.4 is 5.43 Å². The van der Waals surface area contributed by atoms with E-state index >= 15 is 0 Å². The second-order valence-electron chi connectivity index (χ2n) is 5.70. The highest BCUT2D eigenvalue weighted by molar-refractivity contribution is 5.93. The molecule has 0 radical (unpaired) electrons. The quantitative estimate of drug-likeness (QED) is 0.906. The molecule has 5 heteroatoms. The average molecular weight is 277 g/mol. The molecule has 1 aliphatic rings. The second kappa shape index (κ2) is 6.22. The molecule has 0 spiro atoms. The molecule has 0 unspecified atom stereocenters. The number of nitrogens with one attached hydrogen (secondary N) is 1. The second-order valence-corrected chi connectivity index (χ2v) is 5.70. The van der Waals surface area contributed by atoms with E-state index < -0.39 is 0 Å². The molecule has 0 aliphatic carbocycles. The predicted molar refractivity (Wildman–Crippen MR) is 78.9 cm³/mol. The number of aromatic nitrogens is 1. The van der Waals surface area contributed by atoms with Crippen molar-refractivity contribution >= 4 is 5.91 Å². The highest BCUT2D eigenvalue weighted by atomic mass is 16.2. The molecule has 1 N–H and O–H groups in total. The molecule has 1 amide bonds. The summed E-state index contributed by atoms with van der Waals surface area (Å²) in [5.74, 6) is -0.185. The summed E-state index contributed by atoms with van der Waals surface area (Å²) in [6, 6.07) is 2.16. The fraction of sp³-hybridized carbons (Fsp3) is 0.600. The summed E-state index contributed by atoms with van der Waals surface area (Å²) in [7, 11) is 1.80. The van der Waals surface area contributed by atoms with Crippen LogP contribution in [0.4, 0.5) is 0 Å². The van der Waals surface area contributed by atoms with Crippen LogP contribution in [-0.4, -0.2) is 52.9 Å². The van der Waals surface area contributed by atoms with Gasteiger partial charge in [-0.1, -0.05) is 0 Å². The monoisotopic (exact) mass is 277 g/mol. The Kier molecular flexibility index (Phi) is 4.60. The van der Waals surface area contributed by atoms with Crippen LogP contribution in [-0.2, 0) is 0 Å². The van der Waals surface area contributed by atoms with Crippen LogP contribution in [0.2, 0.25) is 0 Å². The van der Waals surface area contributed by atoms with Crippen LogP contribution in [0.1, 0.15) is 37.0 Å². The van der Waals surface area contributed by atoms with E-state index in [1.54, 1.807) is 18.1 Å². The minimum Gasteiger partial charge on any atom is -0.367 e. The van der Waals surface area contributed by atoms with Gasteiger partial charge < -0.3 is 14.8 Å². The largest absolute Gasteiger partial charge is 0.367 e. The van der Waals surface area contributed by atoms with Crippen LogP contribution in [0.5, 0.6) is 0 Å². The Balaban J connectivity index is 2.02. The molecule has 2 rings (SSSR count). The zero-order chi connectivity index (χ0) is 14.7. The SMILES string of the molecule is CC(C)N1CCC(N(C)C(=O)c2c[nH]ccc2=O)CC1. The lowest BCUT2D eigenvalue weighted by atomic mass is 10.0. The van der Waals surface area contributed by atoms with E-state index in [0.717, 1.165) is 25.9 Å². The van der Waals surface area contributed by atoms with Crippen LogP contribution in [0, 0.1) is 0 Å². The smallest absolute Gasteiger partial charge is 0.259 e. The van der Waals surface area contributed by atoms with Gasteiger partial charge in [0.1, 0.15) is 5.56 Å². The molecule has 0 bridgehead atoms. The predicted octanol–water partition coefficient (Wildman–Crippen LogP) is 1.32. The van der Waals surface area contributed by atoms with Gasteiger partial charge in [0.05, 0.1) is 0 Å². The number of rotatable bonds is 3. The van der Waals surface area contributed by atoms with Crippen LogP contribution in [0.15, 0.2) is 23.3 Å². The van der Waals surface area contributed by atoms with Crippen molar-refractivity contribution in [3.05, 3.63) is 34.2 Å². The zero-order valence-corrected chi connectivity index (χ0v) is 12.4. The molecule has 110 valence electrons. The number of nitrogens with zero attached hydrogens (tertiary/aromatic N) is 2. The minimum absolute atomic E-state index is 0.185. The normalized spacial score (nSPS) is 17.4. The summed E-state index contributed by atoms with van der Waals surface area (Å²) in [6.45, 7) is 6.40. The number of amides is 1. The van der Waals surface area contributed by atoms with E-state index in [0.29, 0.717) is 6.04 Å². The van der Waals surface area contributed by atoms with Gasteiger partial charge in [-0.3, -0.25) is 9.59 Å². The Morgan fingerprint density at radius 1 is 1.40 bits per heavy atom. The van der Waals surface area contributed by atoms with Crippen LogP contribution in [0.3, 0.4) is 0 Å². The first-order chi connectivity index (χ1) is 9.50. The third-order valence-corrected chi connectivity index (χ3v) is 4.15. The standard InChI is InChI=1S/C15H23N3O2/c1-11(2)18-8-5-12(6-9-18)17(3)15(20)13-10-16-7-4-14(13)19/h4,7,10-12H,5-6,8-9H2,1-3H3,(H,16,19). The Bertz CT molecular complexity index is 516. The third-order valence-electron chi connectivity index (χ3n) is 4.15. The number of likely N-dealkylation sites (tertiary alicyclic amines) is 1. The molecule has 0 saturated carbocycles. The Labute approximate surface area is 119 Å². The highest BCUT2D eigenvalue weighted by Crippen LogP contribution is 2.18. The van der Waals surface area contributed by atoms with E-state index in [9.17, 15) is 9.59 Å². The lowest BCUT2D eigenvalue weighted by molar-refractivity contribution is 0.0614. The summed E-state index contributed by atoms with van der Waals surface area (Å²) >= 11 is 0. The third kappa shape index (κ3) is 3.10. The van der Waals surface area contributed by atoms with Gasteiger partial charge in [0, 0.05) is 50.7 Å². The molecule has 0 aromatic carbocycles. The van der Waals surface area contributed by atoms with Crippen molar-refractivity contribution in [3.63, 3.8) is 0 Å². The van der Waals surface area contributed by atoms with E-state index in [1.165, 1.54) is 12.3 Å². The molecule has 5 nitrogen and oxygen atoms in total. The molecular weight excluding hydrogens is 254 g/mol. The maximum atomic E-state index is 12.4. The molecule has 0 atom stereocenters. The van der Waals surface area contributed by atoms with Gasteiger partial charge in [0.25, 0.3) is 5.91 Å². The topological polar surface area (TPSA) is 56.4 Å². The number of hydrogen-bond acceptors (Lipinski definition) is 3. The first-order valence-electron chi connectivity index (χ1n) is 7.19. The van der Waals surface area contributed by atoms with Crippen molar-refractivity contribution < 1.29 is 4.79 Å². The fourth-order valence-corrected chi connectivity index (χ4v) is 2.73. The van der Waals surface area contributed by atoms with Crippen molar-refractivity contribution in [2.75, 3.05) is 20.1 Å². The number of H-pyrrole nitrogens is 1. The first-order valence-corrected chi connectivity index (χ1v) is 7.19. The fourth-order valence-electron chi connectivity index (χ4n) is 2.73. The van der Waals surface area contributed by atoms with Crippen molar-refractivity contribution in [3.8, 4) is 0 Å². The molecule has 1 saturated heterocycles. The van der Waals surface area contributed by atoms with Crippen molar-refractivity contribution in [1.82, 2.24) is 14.8 Å². The van der Waals surface area contributed by atoms with Gasteiger partial charge in [-0.05, 0) is 26.7 Å². The molecule has 1 aliphatic heterocycles. The van der Waals surface area contributed by atoms with Crippen LogP contribution >= 0.6 is 0 Å². The minimum atomic E-state index is -0.222. The lowest BCUT2D eigenvalue weighted by Gasteiger charge is -2.38. The number of carbonyl (C=O) groups is 1. The van der Waals surface area contributed by atoms with E-state index in [4.69, 9.17) is 0 Å². The van der Waals surface area contributed by atoms with Gasteiger partial charge in [0.15, 0.2) is 5.43 Å². The van der Waals surface area contributed by atoms with Crippen molar-refractivity contribution in [2.45, 2.75) is 38.8 Å². The summed E-state index contributed by atoms with van der Waals surface area (Å²) in [6.07, 6.45) is 4.96. The summed E-state index contributed by atoms with van der Waals surface area (Å²) < 4.78 is 0. The number of pyridine rings is 1. The van der Waals surface area contributed by atoms with Crippen molar-refractivity contribution in [2.24, 2.45) is 0 Å². The molecular formula is C15H23N3O2. The average Bonchev–Trinajstić information content (AvgIpc) is 2.46. The van der Waals surface area contributed by atoms with Gasteiger partial charge in [-0.15, -0.1) is 0 Å². The van der Waals surface area contributed by atoms with Gasteiger partial charge in [-0.2, -0.15) is 0 Å². The van der Waals surface area contributed by atoms with Crippen molar-refractivity contribution in [1.29, 1.82) is 0 Å². The molecule has 1 aromatic rings. The Hall–Kier alpha value is -1.62. The van der Waals surface area contributed by atoms with Gasteiger partial charge >= 0.3 is 0 Å².